The van der Waals surface area contributed by atoms with Gasteiger partial charge in [0.05, 0.1) is 13.6 Å². The number of aromatic nitrogens is 2. The number of aryl methyl sites for hydroxylation is 2. The molecule has 0 unspecified atom stereocenters. The normalized spacial score (nSPS) is 10.5. The lowest BCUT2D eigenvalue weighted by Gasteiger charge is -2.03. The molecule has 0 fully saturated rings. The van der Waals surface area contributed by atoms with Gasteiger partial charge in [-0.2, -0.15) is 13.2 Å². The van der Waals surface area contributed by atoms with Gasteiger partial charge in [-0.1, -0.05) is 0 Å². The molecule has 1 aromatic rings. The fourth-order valence-corrected chi connectivity index (χ4v) is 0.689. The minimum Gasteiger partial charge on any atom is -0.542 e. The minimum absolute atomic E-state index is 1.06. The van der Waals surface area contributed by atoms with Crippen LogP contribution in [0.5, 0.6) is 0 Å². The summed E-state index contributed by atoms with van der Waals surface area (Å²) in [5.74, 6) is -3.01. The van der Waals surface area contributed by atoms with Gasteiger partial charge in [0.1, 0.15) is 18.4 Å². The van der Waals surface area contributed by atoms with Gasteiger partial charge in [-0.15, -0.1) is 0 Å². The Morgan fingerprint density at radius 3 is 2.13 bits per heavy atom. The molecule has 1 aromatic heterocycles. The van der Waals surface area contributed by atoms with Gasteiger partial charge in [-0.3, -0.25) is 0 Å². The van der Waals surface area contributed by atoms with E-state index in [2.05, 4.69) is 24.0 Å². The van der Waals surface area contributed by atoms with E-state index in [9.17, 15) is 13.2 Å². The molecule has 0 aliphatic heterocycles. The summed E-state index contributed by atoms with van der Waals surface area (Å²) in [4.78, 5) is 8.78. The fourth-order valence-electron chi connectivity index (χ4n) is 0.689. The Labute approximate surface area is 84.6 Å². The lowest BCUT2D eigenvalue weighted by Crippen LogP contribution is -2.37. The molecule has 0 atom stereocenters. The first kappa shape index (κ1) is 13.5. The first-order valence-corrected chi connectivity index (χ1v) is 4.06. The smallest absolute Gasteiger partial charge is 0.430 e. The molecule has 4 nitrogen and oxygen atoms in total. The van der Waals surface area contributed by atoms with Crippen LogP contribution >= 0.6 is 0 Å². The Morgan fingerprint density at radius 2 is 2.00 bits per heavy atom. The number of alkyl halides is 3. The maximum Gasteiger partial charge on any atom is 0.430 e. The third-order valence-electron chi connectivity index (χ3n) is 1.42. The number of halogens is 3. The van der Waals surface area contributed by atoms with Crippen LogP contribution in [0.3, 0.4) is 0 Å². The van der Waals surface area contributed by atoms with Crippen molar-refractivity contribution in [2.24, 2.45) is 7.05 Å². The molecular weight excluding hydrogens is 213 g/mol. The number of aliphatic carboxylic acids is 1. The lowest BCUT2D eigenvalue weighted by molar-refractivity contribution is -0.671. The van der Waals surface area contributed by atoms with Crippen molar-refractivity contribution in [3.05, 3.63) is 18.7 Å². The third-order valence-corrected chi connectivity index (χ3v) is 1.42. The summed E-state index contributed by atoms with van der Waals surface area (Å²) in [6.45, 7) is 3.18. The summed E-state index contributed by atoms with van der Waals surface area (Å²) in [6.07, 6.45) is 0.948. The average Bonchev–Trinajstić information content (AvgIpc) is 2.50. The maximum absolute atomic E-state index is 10.5. The first-order chi connectivity index (χ1) is 6.77. The predicted octanol–water partition coefficient (Wildman–Crippen LogP) is -0.369. The predicted molar refractivity (Wildman–Crippen MR) is 42.3 cm³/mol. The van der Waals surface area contributed by atoms with Gasteiger partial charge in [0, 0.05) is 0 Å². The topological polar surface area (TPSA) is 48.9 Å². The number of carboxylic acid groups (broad SMARTS) is 1. The number of carbonyl (C=O) groups excluding carboxylic acids is 1. The van der Waals surface area contributed by atoms with Crippen LogP contribution in [-0.4, -0.2) is 16.7 Å². The quantitative estimate of drug-likeness (QED) is 0.611. The standard InChI is InChI=1S/C6H11N2.C2HF3O2/c1-3-8-5-4-7(2)6-8;3-2(4,5)1(6)7/h4-6H,3H2,1-2H3;(H,6,7)/q+1;/p-1. The second kappa shape index (κ2) is 5.38. The van der Waals surface area contributed by atoms with E-state index in [1.54, 1.807) is 0 Å². The summed E-state index contributed by atoms with van der Waals surface area (Å²) in [5.41, 5.74) is 0. The Morgan fingerprint density at radius 1 is 1.53 bits per heavy atom. The highest BCUT2D eigenvalue weighted by molar-refractivity contribution is 5.70. The number of hydrogen-bond donors (Lipinski definition) is 0. The molecule has 0 bridgehead atoms. The number of nitrogens with zero attached hydrogens (tertiary/aromatic N) is 2. The van der Waals surface area contributed by atoms with Gasteiger partial charge in [0.25, 0.3) is 0 Å². The van der Waals surface area contributed by atoms with E-state index in [1.165, 1.54) is 0 Å². The van der Waals surface area contributed by atoms with Crippen molar-refractivity contribution in [2.75, 3.05) is 0 Å². The average molecular weight is 224 g/mol. The highest BCUT2D eigenvalue weighted by Gasteiger charge is 2.28. The molecule has 0 N–H and O–H groups in total. The summed E-state index contributed by atoms with van der Waals surface area (Å²) in [5, 5.41) is 8.78. The van der Waals surface area contributed by atoms with Crippen LogP contribution in [-0.2, 0) is 18.4 Å². The van der Waals surface area contributed by atoms with Crippen LogP contribution < -0.4 is 9.67 Å². The van der Waals surface area contributed by atoms with E-state index in [-0.39, 0.29) is 0 Å². The second-order valence-electron chi connectivity index (χ2n) is 2.69. The van der Waals surface area contributed by atoms with Crippen molar-refractivity contribution in [1.82, 2.24) is 4.57 Å². The highest BCUT2D eigenvalue weighted by atomic mass is 19.4. The molecule has 1 heterocycles. The van der Waals surface area contributed by atoms with Gasteiger partial charge >= 0.3 is 6.18 Å². The van der Waals surface area contributed by atoms with Gasteiger partial charge < -0.3 is 9.90 Å². The molecule has 0 aliphatic rings. The van der Waals surface area contributed by atoms with Gasteiger partial charge in [-0.05, 0) is 6.92 Å². The molecule has 0 saturated carbocycles. The molecule has 7 heteroatoms. The largest absolute Gasteiger partial charge is 0.542 e. The zero-order valence-corrected chi connectivity index (χ0v) is 8.28. The fraction of sp³-hybridized carbons (Fsp3) is 0.500. The van der Waals surface area contributed by atoms with Crippen LogP contribution in [0.4, 0.5) is 13.2 Å². The Kier molecular flexibility index (Phi) is 4.83. The molecule has 0 radical (unpaired) electrons. The molecular formula is C8H11F3N2O2. The summed E-state index contributed by atoms with van der Waals surface area (Å²) in [7, 11) is 2.02. The van der Waals surface area contributed by atoms with Gasteiger partial charge in [-0.25, -0.2) is 9.13 Å². The zero-order valence-electron chi connectivity index (χ0n) is 8.28. The Balaban J connectivity index is 0.000000265. The molecule has 0 spiro atoms. The van der Waals surface area contributed by atoms with E-state index in [0.29, 0.717) is 0 Å². The second-order valence-corrected chi connectivity index (χ2v) is 2.69. The van der Waals surface area contributed by atoms with Crippen LogP contribution in [0, 0.1) is 0 Å². The highest BCUT2D eigenvalue weighted by Crippen LogP contribution is 2.11. The van der Waals surface area contributed by atoms with E-state index < -0.39 is 12.1 Å². The van der Waals surface area contributed by atoms with Gasteiger partial charge in [0.15, 0.2) is 0 Å². The van der Waals surface area contributed by atoms with Gasteiger partial charge in [0.2, 0.25) is 6.33 Å². The third kappa shape index (κ3) is 5.71. The van der Waals surface area contributed by atoms with Crippen molar-refractivity contribution >= 4 is 5.97 Å². The van der Waals surface area contributed by atoms with Crippen LogP contribution in [0.15, 0.2) is 18.7 Å². The molecule has 0 saturated heterocycles. The first-order valence-electron chi connectivity index (χ1n) is 4.06. The van der Waals surface area contributed by atoms with Crippen molar-refractivity contribution in [3.63, 3.8) is 0 Å². The zero-order chi connectivity index (χ0) is 12.1. The van der Waals surface area contributed by atoms with Crippen LogP contribution in [0.2, 0.25) is 0 Å². The molecule has 0 aliphatic carbocycles. The monoisotopic (exact) mass is 224 g/mol. The number of carbonyl (C=O) groups is 1. The van der Waals surface area contributed by atoms with E-state index in [0.717, 1.165) is 6.54 Å². The number of imidazole rings is 1. The van der Waals surface area contributed by atoms with E-state index in [1.807, 2.05) is 17.8 Å². The number of hydrogen-bond acceptors (Lipinski definition) is 2. The summed E-state index contributed by atoms with van der Waals surface area (Å²) in [6, 6.07) is 0. The molecule has 1 rings (SSSR count). The van der Waals surface area contributed by atoms with E-state index >= 15 is 0 Å². The minimum atomic E-state index is -5.19. The maximum atomic E-state index is 10.5. The molecule has 0 amide bonds. The number of carboxylic acids is 1. The summed E-state index contributed by atoms with van der Waals surface area (Å²) >= 11 is 0. The van der Waals surface area contributed by atoms with Crippen molar-refractivity contribution in [2.45, 2.75) is 19.6 Å². The number of rotatable bonds is 1. The molecule has 0 aromatic carbocycles. The molecule has 15 heavy (non-hydrogen) atoms. The van der Waals surface area contributed by atoms with Crippen molar-refractivity contribution in [3.8, 4) is 0 Å². The van der Waals surface area contributed by atoms with Crippen molar-refractivity contribution in [1.29, 1.82) is 0 Å². The Hall–Kier alpha value is -1.53. The van der Waals surface area contributed by atoms with E-state index in [4.69, 9.17) is 9.90 Å². The van der Waals surface area contributed by atoms with Crippen LogP contribution in [0.1, 0.15) is 6.92 Å². The summed E-state index contributed by atoms with van der Waals surface area (Å²) < 4.78 is 35.7. The Bertz CT molecular complexity index is 320. The lowest BCUT2D eigenvalue weighted by atomic mass is 10.7. The van der Waals surface area contributed by atoms with Crippen LogP contribution in [0.25, 0.3) is 0 Å². The van der Waals surface area contributed by atoms with Crippen molar-refractivity contribution < 1.29 is 27.6 Å². The SMILES string of the molecule is CCn1cc[n+](C)c1.O=C([O-])C(F)(F)F. The molecule has 86 valence electrons.